The summed E-state index contributed by atoms with van der Waals surface area (Å²) in [6.45, 7) is 5.04. The van der Waals surface area contributed by atoms with Gasteiger partial charge < -0.3 is 5.11 Å². The van der Waals surface area contributed by atoms with Gasteiger partial charge in [-0.3, -0.25) is 4.79 Å². The number of fused-ring (bicyclic) bond motifs is 1. The van der Waals surface area contributed by atoms with Gasteiger partial charge in [-0.05, 0) is 44.0 Å². The van der Waals surface area contributed by atoms with Crippen molar-refractivity contribution in [3.8, 4) is 11.3 Å². The molecule has 25 heavy (non-hydrogen) atoms. The van der Waals surface area contributed by atoms with E-state index >= 15 is 0 Å². The highest BCUT2D eigenvalue weighted by Gasteiger charge is 2.21. The smallest absolute Gasteiger partial charge is 0.325 e. The summed E-state index contributed by atoms with van der Waals surface area (Å²) < 4.78 is 28.4. The molecule has 5 nitrogen and oxygen atoms in total. The van der Waals surface area contributed by atoms with E-state index in [1.165, 1.54) is 6.07 Å². The third kappa shape index (κ3) is 3.09. The number of pyridine rings is 1. The lowest BCUT2D eigenvalue weighted by molar-refractivity contribution is -0.137. The average molecular weight is 345 g/mol. The molecule has 3 aromatic rings. The van der Waals surface area contributed by atoms with Crippen molar-refractivity contribution in [3.05, 3.63) is 46.6 Å². The van der Waals surface area contributed by atoms with Gasteiger partial charge in [-0.2, -0.15) is 5.10 Å². The molecule has 0 fully saturated rings. The lowest BCUT2D eigenvalue weighted by Crippen LogP contribution is -2.11. The van der Waals surface area contributed by atoms with Crippen LogP contribution in [-0.4, -0.2) is 25.8 Å². The zero-order chi connectivity index (χ0) is 18.3. The fourth-order valence-electron chi connectivity index (χ4n) is 2.85. The molecule has 1 aromatic carbocycles. The summed E-state index contributed by atoms with van der Waals surface area (Å²) in [5, 5.41) is 13.3. The molecule has 0 atom stereocenters. The van der Waals surface area contributed by atoms with E-state index in [0.29, 0.717) is 17.0 Å². The number of aromatic nitrogens is 3. The number of rotatable bonds is 4. The number of hydrogen-bond donors (Lipinski definition) is 1. The fraction of sp³-hybridized carbons (Fsp3) is 0.278. The largest absolute Gasteiger partial charge is 0.480 e. The highest BCUT2D eigenvalue weighted by molar-refractivity contribution is 5.86. The van der Waals surface area contributed by atoms with E-state index in [-0.39, 0.29) is 16.6 Å². The Balaban J connectivity index is 2.30. The van der Waals surface area contributed by atoms with Gasteiger partial charge in [0.15, 0.2) is 5.65 Å². The number of benzene rings is 1. The maximum absolute atomic E-state index is 13.6. The summed E-state index contributed by atoms with van der Waals surface area (Å²) in [7, 11) is 0. The first-order valence-corrected chi connectivity index (χ1v) is 7.73. The van der Waals surface area contributed by atoms with Gasteiger partial charge in [0.2, 0.25) is 0 Å². The van der Waals surface area contributed by atoms with Crippen molar-refractivity contribution >= 4 is 17.0 Å². The molecule has 0 aliphatic rings. The topological polar surface area (TPSA) is 68.0 Å². The van der Waals surface area contributed by atoms with Crippen LogP contribution in [0.15, 0.2) is 24.3 Å². The summed E-state index contributed by atoms with van der Waals surface area (Å²) in [5.41, 5.74) is 3.49. The second-order valence-corrected chi connectivity index (χ2v) is 6.03. The number of aliphatic carboxylic acids is 1. The van der Waals surface area contributed by atoms with Crippen molar-refractivity contribution in [2.24, 2.45) is 0 Å². The number of alkyl halides is 2. The number of aryl methyl sites for hydroxylation is 3. The van der Waals surface area contributed by atoms with Crippen LogP contribution in [0.2, 0.25) is 0 Å². The van der Waals surface area contributed by atoms with Crippen molar-refractivity contribution in [1.82, 2.24) is 14.8 Å². The quantitative estimate of drug-likeness (QED) is 0.775. The number of carboxylic acids is 1. The lowest BCUT2D eigenvalue weighted by Gasteiger charge is -2.09. The van der Waals surface area contributed by atoms with E-state index in [1.807, 2.05) is 32.0 Å². The Morgan fingerprint density at radius 3 is 2.52 bits per heavy atom. The van der Waals surface area contributed by atoms with Gasteiger partial charge in [0.05, 0.1) is 16.8 Å². The molecule has 1 N–H and O–H groups in total. The molecule has 0 amide bonds. The summed E-state index contributed by atoms with van der Waals surface area (Å²) in [5.74, 6) is -1.11. The Morgan fingerprint density at radius 2 is 1.92 bits per heavy atom. The minimum Gasteiger partial charge on any atom is -0.480 e. The molecular formula is C18H17F2N3O2. The Bertz CT molecular complexity index is 980. The van der Waals surface area contributed by atoms with Crippen molar-refractivity contribution in [2.45, 2.75) is 33.7 Å². The third-order valence-electron chi connectivity index (χ3n) is 4.23. The van der Waals surface area contributed by atoms with E-state index in [0.717, 1.165) is 15.8 Å². The molecular weight excluding hydrogens is 328 g/mol. The molecule has 3 rings (SSSR count). The van der Waals surface area contributed by atoms with Crippen LogP contribution < -0.4 is 0 Å². The van der Waals surface area contributed by atoms with Crippen molar-refractivity contribution in [1.29, 1.82) is 0 Å². The summed E-state index contributed by atoms with van der Waals surface area (Å²) in [6.07, 6.45) is -2.71. The first kappa shape index (κ1) is 17.0. The summed E-state index contributed by atoms with van der Waals surface area (Å²) >= 11 is 0. The zero-order valence-electron chi connectivity index (χ0n) is 14.0. The Hall–Kier alpha value is -2.83. The van der Waals surface area contributed by atoms with E-state index in [4.69, 9.17) is 5.11 Å². The standard InChI is InChI=1S/C18H17F2N3O2/c1-9-4-5-12(6-10(9)2)14-7-13(17(19)20)16-11(3)22-23(8-15(24)25)18(16)21-14/h4-7,17H,8H2,1-3H3,(H,24,25). The molecule has 0 saturated carbocycles. The van der Waals surface area contributed by atoms with Crippen LogP contribution in [0.25, 0.3) is 22.3 Å². The molecule has 2 aromatic heterocycles. The molecule has 0 bridgehead atoms. The summed E-state index contributed by atoms with van der Waals surface area (Å²) in [6, 6.07) is 6.95. The Labute approximate surface area is 142 Å². The Kier molecular flexibility index (Phi) is 4.24. The van der Waals surface area contributed by atoms with Gasteiger partial charge in [-0.25, -0.2) is 18.4 Å². The molecule has 0 radical (unpaired) electrons. The molecule has 0 spiro atoms. The number of nitrogens with zero attached hydrogens (tertiary/aromatic N) is 3. The van der Waals surface area contributed by atoms with Crippen LogP contribution in [0.5, 0.6) is 0 Å². The van der Waals surface area contributed by atoms with Gasteiger partial charge in [-0.15, -0.1) is 0 Å². The van der Waals surface area contributed by atoms with Gasteiger partial charge in [-0.1, -0.05) is 12.1 Å². The SMILES string of the molecule is Cc1ccc(-c2cc(C(F)F)c3c(C)nn(CC(=O)O)c3n2)cc1C. The van der Waals surface area contributed by atoms with Crippen LogP contribution >= 0.6 is 0 Å². The van der Waals surface area contributed by atoms with E-state index in [2.05, 4.69) is 10.1 Å². The van der Waals surface area contributed by atoms with Crippen molar-refractivity contribution in [3.63, 3.8) is 0 Å². The second-order valence-electron chi connectivity index (χ2n) is 6.03. The zero-order valence-corrected chi connectivity index (χ0v) is 14.0. The van der Waals surface area contributed by atoms with Crippen LogP contribution in [0.3, 0.4) is 0 Å². The summed E-state index contributed by atoms with van der Waals surface area (Å²) in [4.78, 5) is 15.5. The van der Waals surface area contributed by atoms with Crippen LogP contribution in [0, 0.1) is 20.8 Å². The molecule has 130 valence electrons. The van der Waals surface area contributed by atoms with Crippen LogP contribution in [0.4, 0.5) is 8.78 Å². The van der Waals surface area contributed by atoms with Gasteiger partial charge in [0, 0.05) is 11.1 Å². The van der Waals surface area contributed by atoms with Crippen molar-refractivity contribution in [2.75, 3.05) is 0 Å². The molecule has 7 heteroatoms. The third-order valence-corrected chi connectivity index (χ3v) is 4.23. The minimum absolute atomic E-state index is 0.158. The van der Waals surface area contributed by atoms with Crippen molar-refractivity contribution < 1.29 is 18.7 Å². The van der Waals surface area contributed by atoms with Gasteiger partial charge in [0.25, 0.3) is 6.43 Å². The highest BCUT2D eigenvalue weighted by atomic mass is 19.3. The van der Waals surface area contributed by atoms with Gasteiger partial charge >= 0.3 is 5.97 Å². The monoisotopic (exact) mass is 345 g/mol. The molecule has 2 heterocycles. The number of halogens is 2. The predicted octanol–water partition coefficient (Wildman–Crippen LogP) is 4.05. The van der Waals surface area contributed by atoms with Gasteiger partial charge in [0.1, 0.15) is 6.54 Å². The highest BCUT2D eigenvalue weighted by Crippen LogP contribution is 2.33. The maximum atomic E-state index is 13.6. The van der Waals surface area contributed by atoms with E-state index in [1.54, 1.807) is 6.92 Å². The number of carboxylic acid groups (broad SMARTS) is 1. The minimum atomic E-state index is -2.71. The molecule has 0 saturated heterocycles. The molecule has 0 aliphatic heterocycles. The first-order valence-electron chi connectivity index (χ1n) is 7.73. The number of hydrogen-bond acceptors (Lipinski definition) is 3. The van der Waals surface area contributed by atoms with Crippen LogP contribution in [0.1, 0.15) is 28.8 Å². The Morgan fingerprint density at radius 1 is 1.20 bits per heavy atom. The van der Waals surface area contributed by atoms with E-state index < -0.39 is 18.9 Å². The van der Waals surface area contributed by atoms with E-state index in [9.17, 15) is 13.6 Å². The predicted molar refractivity (Wildman–Crippen MR) is 89.8 cm³/mol. The maximum Gasteiger partial charge on any atom is 0.325 e. The lowest BCUT2D eigenvalue weighted by atomic mass is 10.0. The molecule has 0 aliphatic carbocycles. The average Bonchev–Trinajstić information content (AvgIpc) is 2.84. The second kappa shape index (κ2) is 6.23. The number of carbonyl (C=O) groups is 1. The van der Waals surface area contributed by atoms with Crippen LogP contribution in [-0.2, 0) is 11.3 Å². The molecule has 0 unspecified atom stereocenters. The normalized spacial score (nSPS) is 11.4. The first-order chi connectivity index (χ1) is 11.8. The fourth-order valence-corrected chi connectivity index (χ4v) is 2.85.